The van der Waals surface area contributed by atoms with Gasteiger partial charge < -0.3 is 9.30 Å². The molecular formula is C21H16ClFN2O. The first-order valence-electron chi connectivity index (χ1n) is 8.26. The van der Waals surface area contributed by atoms with Gasteiger partial charge in [0.05, 0.1) is 11.0 Å². The van der Waals surface area contributed by atoms with Crippen LogP contribution in [0.15, 0.2) is 72.8 Å². The molecule has 0 aliphatic heterocycles. The lowest BCUT2D eigenvalue weighted by atomic mass is 10.2. The summed E-state index contributed by atoms with van der Waals surface area (Å²) in [7, 11) is 0. The van der Waals surface area contributed by atoms with Crippen LogP contribution < -0.4 is 4.74 Å². The van der Waals surface area contributed by atoms with Gasteiger partial charge in [0.1, 0.15) is 24.0 Å². The Morgan fingerprint density at radius 2 is 1.73 bits per heavy atom. The van der Waals surface area contributed by atoms with Crippen LogP contribution >= 0.6 is 11.6 Å². The maximum atomic E-state index is 13.6. The summed E-state index contributed by atoms with van der Waals surface area (Å²) in [5.41, 5.74) is 2.57. The highest BCUT2D eigenvalue weighted by molar-refractivity contribution is 6.30. The van der Waals surface area contributed by atoms with Crippen molar-refractivity contribution in [3.63, 3.8) is 0 Å². The number of nitrogens with zero attached hydrogens (tertiary/aromatic N) is 2. The van der Waals surface area contributed by atoms with Crippen molar-refractivity contribution in [1.82, 2.24) is 9.55 Å². The maximum Gasteiger partial charge on any atom is 0.148 e. The van der Waals surface area contributed by atoms with E-state index in [4.69, 9.17) is 16.3 Å². The Morgan fingerprint density at radius 3 is 2.50 bits per heavy atom. The molecule has 0 fully saturated rings. The number of benzene rings is 3. The Hall–Kier alpha value is -2.85. The van der Waals surface area contributed by atoms with Crippen LogP contribution in [0.5, 0.6) is 5.75 Å². The van der Waals surface area contributed by atoms with Crippen molar-refractivity contribution in [1.29, 1.82) is 0 Å². The molecule has 4 rings (SSSR count). The molecule has 0 spiro atoms. The summed E-state index contributed by atoms with van der Waals surface area (Å²) in [6.45, 7) is 0.903. The van der Waals surface area contributed by atoms with Gasteiger partial charge in [-0.2, -0.15) is 0 Å². The fraction of sp³-hybridized carbons (Fsp3) is 0.0952. The molecule has 0 unspecified atom stereocenters. The Labute approximate surface area is 155 Å². The van der Waals surface area contributed by atoms with Gasteiger partial charge >= 0.3 is 0 Å². The first kappa shape index (κ1) is 16.6. The normalized spacial score (nSPS) is 11.0. The summed E-state index contributed by atoms with van der Waals surface area (Å²) in [4.78, 5) is 4.57. The van der Waals surface area contributed by atoms with Crippen molar-refractivity contribution in [2.24, 2.45) is 0 Å². The molecule has 0 aliphatic carbocycles. The molecule has 26 heavy (non-hydrogen) atoms. The molecule has 0 aliphatic rings. The molecular weight excluding hydrogens is 351 g/mol. The summed E-state index contributed by atoms with van der Waals surface area (Å²) in [5, 5.41) is 0.693. The Bertz CT molecular complexity index is 1030. The highest BCUT2D eigenvalue weighted by atomic mass is 35.5. The number of aromatic nitrogens is 2. The van der Waals surface area contributed by atoms with Crippen molar-refractivity contribution in [3.8, 4) is 5.75 Å². The minimum Gasteiger partial charge on any atom is -0.486 e. The van der Waals surface area contributed by atoms with Gasteiger partial charge in [-0.1, -0.05) is 41.9 Å². The number of ether oxygens (including phenoxy) is 1. The number of hydrogen-bond acceptors (Lipinski definition) is 2. The van der Waals surface area contributed by atoms with Gasteiger partial charge in [-0.05, 0) is 42.0 Å². The van der Waals surface area contributed by atoms with Crippen LogP contribution in [0.2, 0.25) is 5.02 Å². The van der Waals surface area contributed by atoms with E-state index < -0.39 is 0 Å². The van der Waals surface area contributed by atoms with Crippen LogP contribution in [0.3, 0.4) is 0 Å². The molecule has 0 saturated heterocycles. The number of fused-ring (bicyclic) bond motifs is 1. The summed E-state index contributed by atoms with van der Waals surface area (Å²) in [6.07, 6.45) is 0. The molecule has 0 bridgehead atoms. The van der Waals surface area contributed by atoms with Gasteiger partial charge in [0, 0.05) is 17.6 Å². The van der Waals surface area contributed by atoms with Gasteiger partial charge in [0.2, 0.25) is 0 Å². The minimum atomic E-state index is -0.302. The summed E-state index contributed by atoms with van der Waals surface area (Å²) in [5.74, 6) is 1.21. The predicted octanol–water partition coefficient (Wildman–Crippen LogP) is 5.46. The van der Waals surface area contributed by atoms with Gasteiger partial charge in [0.25, 0.3) is 0 Å². The van der Waals surface area contributed by atoms with E-state index in [1.54, 1.807) is 6.07 Å². The second kappa shape index (κ2) is 7.18. The van der Waals surface area contributed by atoms with Crippen LogP contribution in [0, 0.1) is 5.82 Å². The van der Waals surface area contributed by atoms with Crippen LogP contribution in [-0.2, 0) is 13.2 Å². The van der Waals surface area contributed by atoms with Crippen molar-refractivity contribution in [2.75, 3.05) is 0 Å². The van der Waals surface area contributed by atoms with Crippen LogP contribution in [0.4, 0.5) is 4.39 Å². The third-order valence-electron chi connectivity index (χ3n) is 4.15. The maximum absolute atomic E-state index is 13.6. The number of hydrogen-bond donors (Lipinski definition) is 0. The average Bonchev–Trinajstić information content (AvgIpc) is 2.99. The summed E-state index contributed by atoms with van der Waals surface area (Å²) >= 11 is 5.97. The van der Waals surface area contributed by atoms with Crippen molar-refractivity contribution in [2.45, 2.75) is 13.2 Å². The molecule has 0 saturated carbocycles. The molecule has 0 N–H and O–H groups in total. The van der Waals surface area contributed by atoms with Crippen molar-refractivity contribution in [3.05, 3.63) is 95.0 Å². The van der Waals surface area contributed by atoms with Crippen LogP contribution in [-0.4, -0.2) is 9.55 Å². The smallest absolute Gasteiger partial charge is 0.148 e. The molecule has 0 amide bonds. The SMILES string of the molecule is Fc1ccc2c(c1)nc(COc1ccccc1)n2Cc1ccc(Cl)cc1. The number of rotatable bonds is 5. The third kappa shape index (κ3) is 3.55. The molecule has 130 valence electrons. The van der Waals surface area contributed by atoms with Crippen LogP contribution in [0.1, 0.15) is 11.4 Å². The second-order valence-electron chi connectivity index (χ2n) is 5.98. The summed E-state index contributed by atoms with van der Waals surface area (Å²) < 4.78 is 21.5. The monoisotopic (exact) mass is 366 g/mol. The van der Waals surface area contributed by atoms with Gasteiger partial charge in [0.15, 0.2) is 0 Å². The topological polar surface area (TPSA) is 27.1 Å². The quantitative estimate of drug-likeness (QED) is 0.469. The Kier molecular flexibility index (Phi) is 4.59. The van der Waals surface area contributed by atoms with Crippen molar-refractivity contribution >= 4 is 22.6 Å². The molecule has 3 nitrogen and oxygen atoms in total. The largest absolute Gasteiger partial charge is 0.486 e. The zero-order valence-electron chi connectivity index (χ0n) is 13.9. The summed E-state index contributed by atoms with van der Waals surface area (Å²) in [6, 6.07) is 21.9. The molecule has 0 radical (unpaired) electrons. The van der Waals surface area contributed by atoms with Gasteiger partial charge in [-0.25, -0.2) is 9.37 Å². The zero-order valence-corrected chi connectivity index (χ0v) is 14.7. The van der Waals surface area contributed by atoms with Crippen molar-refractivity contribution < 1.29 is 9.13 Å². The van der Waals surface area contributed by atoms with E-state index in [9.17, 15) is 4.39 Å². The number of imidazole rings is 1. The number of halogens is 2. The molecule has 3 aromatic carbocycles. The lowest BCUT2D eigenvalue weighted by Crippen LogP contribution is -2.08. The fourth-order valence-electron chi connectivity index (χ4n) is 2.88. The molecule has 1 aromatic heterocycles. The van der Waals surface area contributed by atoms with E-state index in [1.165, 1.54) is 12.1 Å². The lowest BCUT2D eigenvalue weighted by molar-refractivity contribution is 0.291. The van der Waals surface area contributed by atoms with E-state index in [0.29, 0.717) is 23.7 Å². The molecule has 0 atom stereocenters. The lowest BCUT2D eigenvalue weighted by Gasteiger charge is -2.11. The van der Waals surface area contributed by atoms with E-state index in [0.717, 1.165) is 22.7 Å². The standard InChI is InChI=1S/C21H16ClFN2O/c22-16-8-6-15(7-9-16)13-25-20-11-10-17(23)12-19(20)24-21(25)14-26-18-4-2-1-3-5-18/h1-12H,13-14H2. The third-order valence-corrected chi connectivity index (χ3v) is 4.41. The minimum absolute atomic E-state index is 0.300. The van der Waals surface area contributed by atoms with E-state index >= 15 is 0 Å². The van der Waals surface area contributed by atoms with Gasteiger partial charge in [-0.15, -0.1) is 0 Å². The highest BCUT2D eigenvalue weighted by Gasteiger charge is 2.13. The molecule has 1 heterocycles. The zero-order chi connectivity index (χ0) is 17.9. The Morgan fingerprint density at radius 1 is 0.962 bits per heavy atom. The number of para-hydroxylation sites is 1. The second-order valence-corrected chi connectivity index (χ2v) is 6.41. The molecule has 4 aromatic rings. The average molecular weight is 367 g/mol. The van der Waals surface area contributed by atoms with Crippen LogP contribution in [0.25, 0.3) is 11.0 Å². The van der Waals surface area contributed by atoms with E-state index in [2.05, 4.69) is 4.98 Å². The Balaban J connectivity index is 1.69. The first-order chi connectivity index (χ1) is 12.7. The molecule has 5 heteroatoms. The van der Waals surface area contributed by atoms with Gasteiger partial charge in [-0.3, -0.25) is 0 Å². The van der Waals surface area contributed by atoms with E-state index in [-0.39, 0.29) is 5.82 Å². The van der Waals surface area contributed by atoms with E-state index in [1.807, 2.05) is 59.2 Å². The fourth-order valence-corrected chi connectivity index (χ4v) is 3.00. The first-order valence-corrected chi connectivity index (χ1v) is 8.64. The predicted molar refractivity (Wildman–Crippen MR) is 101 cm³/mol. The highest BCUT2D eigenvalue weighted by Crippen LogP contribution is 2.21.